The third-order valence-corrected chi connectivity index (χ3v) is 15.0. The maximum atomic E-state index is 16.1. The monoisotopic (exact) mass is 798 g/mol. The number of aromatic nitrogens is 1. The Labute approximate surface area is 351 Å². The molecule has 7 nitrogen and oxygen atoms in total. The van der Waals surface area contributed by atoms with Crippen LogP contribution in [0.4, 0.5) is 10.1 Å². The number of hydrogen-bond acceptors (Lipinski definition) is 5. The number of carbonyl (C=O) groups is 2. The minimum Gasteiger partial charge on any atom is -0.481 e. The summed E-state index contributed by atoms with van der Waals surface area (Å²) in [4.78, 5) is 34.3. The molecule has 2 aliphatic heterocycles. The van der Waals surface area contributed by atoms with Gasteiger partial charge in [-0.05, 0) is 179 Å². The van der Waals surface area contributed by atoms with Gasteiger partial charge in [-0.3, -0.25) is 9.59 Å². The lowest BCUT2D eigenvalue weighted by atomic mass is 9.65. The third kappa shape index (κ3) is 7.66. The molecular formula is C51H63FN4O3. The molecule has 5 aliphatic rings. The van der Waals surface area contributed by atoms with Gasteiger partial charge < -0.3 is 20.3 Å². The highest BCUT2D eigenvalue weighted by Gasteiger charge is 2.41. The lowest BCUT2D eigenvalue weighted by molar-refractivity contribution is -0.128. The average Bonchev–Trinajstić information content (AvgIpc) is 3.61. The number of ether oxygens (including phenoxy) is 1. The Hall–Kier alpha value is -4.72. The number of anilines is 1. The van der Waals surface area contributed by atoms with Crippen molar-refractivity contribution >= 4 is 17.5 Å². The molecule has 4 unspecified atom stereocenters. The molecule has 312 valence electrons. The van der Waals surface area contributed by atoms with E-state index in [1.54, 1.807) is 13.2 Å². The molecule has 3 fully saturated rings. The molecule has 8 heteroatoms. The fraction of sp³-hybridized carbons (Fsp3) is 0.510. The minimum absolute atomic E-state index is 0.155. The highest BCUT2D eigenvalue weighted by Crippen LogP contribution is 2.49. The number of rotatable bonds is 9. The second-order valence-electron chi connectivity index (χ2n) is 18.1. The Bertz CT molecular complexity index is 2230. The molecule has 3 aromatic rings. The van der Waals surface area contributed by atoms with E-state index in [0.717, 1.165) is 111 Å². The second kappa shape index (κ2) is 17.1. The van der Waals surface area contributed by atoms with Crippen molar-refractivity contribution in [1.29, 1.82) is 0 Å². The summed E-state index contributed by atoms with van der Waals surface area (Å²) in [5.41, 5.74) is 11.9. The van der Waals surface area contributed by atoms with Crippen molar-refractivity contribution in [3.63, 3.8) is 0 Å². The van der Waals surface area contributed by atoms with Gasteiger partial charge in [0.1, 0.15) is 5.82 Å². The Morgan fingerprint density at radius 1 is 0.966 bits per heavy atom. The van der Waals surface area contributed by atoms with Crippen LogP contribution in [-0.4, -0.2) is 41.9 Å². The summed E-state index contributed by atoms with van der Waals surface area (Å²) in [6, 6.07) is 11.6. The molecule has 2 N–H and O–H groups in total. The van der Waals surface area contributed by atoms with Crippen molar-refractivity contribution in [2.45, 2.75) is 130 Å². The molecule has 3 aliphatic carbocycles. The second-order valence-corrected chi connectivity index (χ2v) is 18.1. The van der Waals surface area contributed by atoms with E-state index >= 15 is 4.39 Å². The van der Waals surface area contributed by atoms with Crippen LogP contribution in [0.2, 0.25) is 0 Å². The van der Waals surface area contributed by atoms with Gasteiger partial charge in [0, 0.05) is 47.1 Å². The van der Waals surface area contributed by atoms with E-state index in [9.17, 15) is 9.59 Å². The van der Waals surface area contributed by atoms with E-state index in [1.807, 2.05) is 50.3 Å². The number of benzene rings is 2. The van der Waals surface area contributed by atoms with Gasteiger partial charge >= 0.3 is 0 Å². The van der Waals surface area contributed by atoms with Crippen LogP contribution < -0.4 is 15.4 Å². The van der Waals surface area contributed by atoms with Crippen LogP contribution in [0.25, 0.3) is 22.4 Å². The van der Waals surface area contributed by atoms with Crippen LogP contribution in [-0.2, 0) is 16.0 Å². The highest BCUT2D eigenvalue weighted by molar-refractivity contribution is 6.08. The zero-order valence-corrected chi connectivity index (χ0v) is 36.3. The number of carbonyl (C=O) groups excluding carboxylic acids is 2. The number of methoxy groups -OCH3 is 1. The molecule has 6 atom stereocenters. The van der Waals surface area contributed by atoms with Crippen LogP contribution in [0.15, 0.2) is 71.1 Å². The van der Waals surface area contributed by atoms with E-state index in [0.29, 0.717) is 52.4 Å². The van der Waals surface area contributed by atoms with Crippen LogP contribution in [0.1, 0.15) is 126 Å². The minimum atomic E-state index is -0.310. The summed E-state index contributed by atoms with van der Waals surface area (Å²) < 4.78 is 22.2. The van der Waals surface area contributed by atoms with Crippen molar-refractivity contribution in [3.8, 4) is 28.3 Å². The summed E-state index contributed by atoms with van der Waals surface area (Å²) in [5, 5.41) is 6.67. The number of pyridine rings is 1. The number of nitrogens with zero attached hydrogens (tertiary/aromatic N) is 2. The van der Waals surface area contributed by atoms with Gasteiger partial charge in [0.15, 0.2) is 0 Å². The van der Waals surface area contributed by atoms with E-state index in [2.05, 4.69) is 49.4 Å². The topological polar surface area (TPSA) is 83.6 Å². The molecule has 59 heavy (non-hydrogen) atoms. The molecule has 8 rings (SSSR count). The SMILES string of the molecule is CCC1=CC=C(C(=O)Nc2cccc(-c3c(F)ccc(-c4cc5c(c(OC)n4)[C@@H](CC4CC[C@H]6NC(=O)C(CC)CCCC6C4C)CC5)c3C)c2C)C(=C2CCC2)N1C. The quantitative estimate of drug-likeness (QED) is 0.225. The molecule has 0 spiro atoms. The first-order valence-electron chi connectivity index (χ1n) is 22.5. The molecule has 1 saturated heterocycles. The van der Waals surface area contributed by atoms with Gasteiger partial charge in [0.2, 0.25) is 11.8 Å². The van der Waals surface area contributed by atoms with Crippen molar-refractivity contribution in [1.82, 2.24) is 15.2 Å². The third-order valence-electron chi connectivity index (χ3n) is 15.0. The molecular weight excluding hydrogens is 736 g/mol. The number of amides is 2. The van der Waals surface area contributed by atoms with Crippen LogP contribution in [0.5, 0.6) is 5.88 Å². The summed E-state index contributed by atoms with van der Waals surface area (Å²) in [6.07, 6.45) is 17.6. The predicted octanol–water partition coefficient (Wildman–Crippen LogP) is 11.5. The standard InChI is InChI=1S/C51H63FN4O3/c1-8-32-13-11-16-38-29(3)34(21-26-44(38)54-49(32)57)27-35-19-20-36-28-45(55-51(59-7)47(35)36)39-24-25-42(52)46(31(39)5)40-17-12-18-43(30(40)4)53-50(58)41-23-22-37(9-2)56(6)48(41)33-14-10-15-33/h12,17-18,22-25,28-29,32,34-35,38,44H,8-11,13-16,19-21,26-27H2,1-7H3,(H,53,58)(H,54,57)/t29?,32?,34?,35-,38?,44-/m1/s1. The lowest BCUT2D eigenvalue weighted by Crippen LogP contribution is -2.50. The maximum absolute atomic E-state index is 16.1. The number of halogens is 1. The van der Waals surface area contributed by atoms with E-state index < -0.39 is 0 Å². The van der Waals surface area contributed by atoms with Gasteiger partial charge in [0.05, 0.1) is 24.1 Å². The lowest BCUT2D eigenvalue weighted by Gasteiger charge is -2.44. The van der Waals surface area contributed by atoms with Crippen LogP contribution in [0, 0.1) is 43.3 Å². The van der Waals surface area contributed by atoms with E-state index in [1.165, 1.54) is 28.8 Å². The molecule has 2 amide bonds. The van der Waals surface area contributed by atoms with Gasteiger partial charge in [0.25, 0.3) is 5.91 Å². The van der Waals surface area contributed by atoms with Gasteiger partial charge in [-0.15, -0.1) is 0 Å². The molecule has 2 aromatic carbocycles. The largest absolute Gasteiger partial charge is 0.481 e. The summed E-state index contributed by atoms with van der Waals surface area (Å²) in [7, 11) is 3.77. The number of allylic oxidation sites excluding steroid dienone is 4. The summed E-state index contributed by atoms with van der Waals surface area (Å²) >= 11 is 0. The number of hydrogen-bond donors (Lipinski definition) is 2. The summed E-state index contributed by atoms with van der Waals surface area (Å²) in [5.74, 6) is 2.67. The molecule has 3 heterocycles. The number of aryl methyl sites for hydroxylation is 1. The first-order chi connectivity index (χ1) is 28.5. The zero-order valence-electron chi connectivity index (χ0n) is 36.3. The predicted molar refractivity (Wildman–Crippen MR) is 235 cm³/mol. The number of fused-ring (bicyclic) bond motifs is 2. The molecule has 0 bridgehead atoms. The average molecular weight is 799 g/mol. The molecule has 0 radical (unpaired) electrons. The normalized spacial score (nSPS) is 25.5. The maximum Gasteiger partial charge on any atom is 0.257 e. The molecule has 1 aromatic heterocycles. The van der Waals surface area contributed by atoms with Gasteiger partial charge in [-0.25, -0.2) is 9.37 Å². The Morgan fingerprint density at radius 2 is 1.78 bits per heavy atom. The van der Waals surface area contributed by atoms with Gasteiger partial charge in [-0.2, -0.15) is 0 Å². The molecule has 2 saturated carbocycles. The summed E-state index contributed by atoms with van der Waals surface area (Å²) in [6.45, 7) is 10.6. The van der Waals surface area contributed by atoms with Gasteiger partial charge in [-0.1, -0.05) is 39.3 Å². The highest BCUT2D eigenvalue weighted by atomic mass is 19.1. The van der Waals surface area contributed by atoms with E-state index in [4.69, 9.17) is 9.72 Å². The van der Waals surface area contributed by atoms with Crippen molar-refractivity contribution in [3.05, 3.63) is 99.2 Å². The Balaban J connectivity index is 1.04. The fourth-order valence-corrected chi connectivity index (χ4v) is 11.3. The fourth-order valence-electron chi connectivity index (χ4n) is 11.3. The zero-order chi connectivity index (χ0) is 41.5. The smallest absolute Gasteiger partial charge is 0.257 e. The van der Waals surface area contributed by atoms with Crippen molar-refractivity contribution < 1.29 is 18.7 Å². The van der Waals surface area contributed by atoms with Crippen molar-refractivity contribution in [2.24, 2.45) is 23.7 Å². The van der Waals surface area contributed by atoms with Crippen LogP contribution in [0.3, 0.4) is 0 Å². The van der Waals surface area contributed by atoms with Crippen molar-refractivity contribution in [2.75, 3.05) is 19.5 Å². The van der Waals surface area contributed by atoms with E-state index in [-0.39, 0.29) is 23.5 Å². The first kappa shape index (κ1) is 41.0. The van der Waals surface area contributed by atoms with Crippen LogP contribution >= 0.6 is 0 Å². The number of likely N-dealkylation sites (N-methyl/N-ethyl adjacent to an activating group) is 1. The first-order valence-corrected chi connectivity index (χ1v) is 22.5. The Morgan fingerprint density at radius 3 is 2.51 bits per heavy atom. The number of nitrogens with one attached hydrogen (secondary N) is 2. The Kier molecular flexibility index (Phi) is 11.9.